The zero-order chi connectivity index (χ0) is 15.1. The van der Waals surface area contributed by atoms with Crippen LogP contribution in [0.25, 0.3) is 0 Å². The Balaban J connectivity index is 1.60. The smallest absolute Gasteiger partial charge is 0.175 e. The van der Waals surface area contributed by atoms with E-state index < -0.39 is 0 Å². The standard InChI is InChI=1S/C15H21ClN4O2/c1-10-9-21-5-4-20(10)13-6-14(17-18-15(13)16)19-7-11-2-3-12(8-19)22-11/h6,10-12H,2-5,7-9H2,1H3/t10-,11?,12?/m1/s1. The Kier molecular flexibility index (Phi) is 3.84. The quantitative estimate of drug-likeness (QED) is 0.825. The van der Waals surface area contributed by atoms with Crippen LogP contribution in [0.4, 0.5) is 11.5 Å². The summed E-state index contributed by atoms with van der Waals surface area (Å²) in [6.45, 7) is 6.20. The summed E-state index contributed by atoms with van der Waals surface area (Å²) in [5.41, 5.74) is 0.960. The fraction of sp³-hybridized carbons (Fsp3) is 0.733. The van der Waals surface area contributed by atoms with Crippen LogP contribution in [0.5, 0.6) is 0 Å². The molecule has 4 rings (SSSR count). The number of morpholine rings is 2. The maximum absolute atomic E-state index is 6.30. The molecule has 3 atom stereocenters. The van der Waals surface area contributed by atoms with E-state index in [9.17, 15) is 0 Å². The lowest BCUT2D eigenvalue weighted by Gasteiger charge is -2.36. The van der Waals surface area contributed by atoms with Crippen LogP contribution in [0.1, 0.15) is 19.8 Å². The van der Waals surface area contributed by atoms with Gasteiger partial charge in [-0.05, 0) is 19.8 Å². The lowest BCUT2D eigenvalue weighted by atomic mass is 10.2. The molecule has 3 aliphatic rings. The van der Waals surface area contributed by atoms with Gasteiger partial charge in [-0.3, -0.25) is 0 Å². The summed E-state index contributed by atoms with van der Waals surface area (Å²) in [5, 5.41) is 8.96. The first-order chi connectivity index (χ1) is 10.7. The van der Waals surface area contributed by atoms with E-state index in [1.165, 1.54) is 0 Å². The first kappa shape index (κ1) is 14.5. The molecule has 1 aromatic rings. The lowest BCUT2D eigenvalue weighted by molar-refractivity contribution is 0.0302. The second-order valence-corrected chi connectivity index (χ2v) is 6.72. The molecule has 0 aromatic carbocycles. The van der Waals surface area contributed by atoms with Gasteiger partial charge < -0.3 is 19.3 Å². The van der Waals surface area contributed by atoms with Crippen LogP contribution in [-0.4, -0.2) is 61.3 Å². The number of hydrogen-bond donors (Lipinski definition) is 0. The van der Waals surface area contributed by atoms with Gasteiger partial charge in [-0.15, -0.1) is 10.2 Å². The minimum Gasteiger partial charge on any atom is -0.377 e. The molecule has 2 unspecified atom stereocenters. The van der Waals surface area contributed by atoms with E-state index in [-0.39, 0.29) is 0 Å². The second-order valence-electron chi connectivity index (χ2n) is 6.36. The molecule has 4 heterocycles. The predicted octanol–water partition coefficient (Wildman–Crippen LogP) is 1.72. The minimum absolute atomic E-state index is 0.296. The molecule has 7 heteroatoms. The molecule has 2 bridgehead atoms. The highest BCUT2D eigenvalue weighted by Crippen LogP contribution is 2.33. The number of aromatic nitrogens is 2. The zero-order valence-corrected chi connectivity index (χ0v) is 13.5. The highest BCUT2D eigenvalue weighted by molar-refractivity contribution is 6.32. The fourth-order valence-electron chi connectivity index (χ4n) is 3.60. The van der Waals surface area contributed by atoms with Crippen LogP contribution in [0, 0.1) is 0 Å². The van der Waals surface area contributed by atoms with Crippen molar-refractivity contribution in [3.63, 3.8) is 0 Å². The van der Waals surface area contributed by atoms with Crippen LogP contribution < -0.4 is 9.80 Å². The SMILES string of the molecule is C[C@@H]1COCCN1c1cc(N2CC3CCC(C2)O3)nnc1Cl. The second kappa shape index (κ2) is 5.83. The first-order valence-electron chi connectivity index (χ1n) is 7.98. The molecular formula is C15H21ClN4O2. The Morgan fingerprint density at radius 2 is 2.00 bits per heavy atom. The molecule has 6 nitrogen and oxygen atoms in total. The third-order valence-electron chi connectivity index (χ3n) is 4.76. The van der Waals surface area contributed by atoms with Crippen LogP contribution in [-0.2, 0) is 9.47 Å². The van der Waals surface area contributed by atoms with E-state index in [0.717, 1.165) is 57.2 Å². The number of hydrogen-bond acceptors (Lipinski definition) is 6. The average molecular weight is 325 g/mol. The summed E-state index contributed by atoms with van der Waals surface area (Å²) in [7, 11) is 0. The van der Waals surface area contributed by atoms with Gasteiger partial charge in [-0.1, -0.05) is 11.6 Å². The predicted molar refractivity (Wildman–Crippen MR) is 84.8 cm³/mol. The van der Waals surface area contributed by atoms with Crippen molar-refractivity contribution in [3.8, 4) is 0 Å². The Morgan fingerprint density at radius 1 is 1.23 bits per heavy atom. The summed E-state index contributed by atoms with van der Waals surface area (Å²) in [4.78, 5) is 4.54. The van der Waals surface area contributed by atoms with Gasteiger partial charge in [0.2, 0.25) is 0 Å². The van der Waals surface area contributed by atoms with Gasteiger partial charge in [0, 0.05) is 31.7 Å². The third-order valence-corrected chi connectivity index (χ3v) is 5.03. The summed E-state index contributed by atoms with van der Waals surface area (Å²) in [6.07, 6.45) is 2.97. The van der Waals surface area contributed by atoms with Crippen molar-refractivity contribution in [2.24, 2.45) is 0 Å². The van der Waals surface area contributed by atoms with Gasteiger partial charge in [0.25, 0.3) is 0 Å². The molecule has 0 radical (unpaired) electrons. The van der Waals surface area contributed by atoms with Crippen molar-refractivity contribution in [2.45, 2.75) is 38.0 Å². The normalized spacial score (nSPS) is 31.6. The van der Waals surface area contributed by atoms with Crippen molar-refractivity contribution in [2.75, 3.05) is 42.6 Å². The maximum Gasteiger partial charge on any atom is 0.175 e. The number of anilines is 2. The van der Waals surface area contributed by atoms with E-state index >= 15 is 0 Å². The van der Waals surface area contributed by atoms with Crippen LogP contribution in [0.15, 0.2) is 6.07 Å². The molecule has 1 aromatic heterocycles. The minimum atomic E-state index is 0.296. The number of halogens is 1. The van der Waals surface area contributed by atoms with Gasteiger partial charge in [-0.25, -0.2) is 0 Å². The van der Waals surface area contributed by atoms with E-state index in [1.807, 2.05) is 0 Å². The van der Waals surface area contributed by atoms with E-state index in [0.29, 0.717) is 23.4 Å². The average Bonchev–Trinajstić information content (AvgIpc) is 2.87. The highest BCUT2D eigenvalue weighted by atomic mass is 35.5. The molecule has 3 aliphatic heterocycles. The monoisotopic (exact) mass is 324 g/mol. The lowest BCUT2D eigenvalue weighted by Crippen LogP contribution is -2.45. The van der Waals surface area contributed by atoms with Crippen molar-refractivity contribution >= 4 is 23.1 Å². The highest BCUT2D eigenvalue weighted by Gasteiger charge is 2.35. The summed E-state index contributed by atoms with van der Waals surface area (Å²) < 4.78 is 11.4. The molecule has 3 fully saturated rings. The Hall–Kier alpha value is -1.11. The van der Waals surface area contributed by atoms with Gasteiger partial charge >= 0.3 is 0 Å². The molecule has 22 heavy (non-hydrogen) atoms. The molecule has 0 N–H and O–H groups in total. The third kappa shape index (κ3) is 2.64. The van der Waals surface area contributed by atoms with E-state index in [2.05, 4.69) is 33.0 Å². The number of rotatable bonds is 2. The Labute approximate surface area is 135 Å². The summed E-state index contributed by atoms with van der Waals surface area (Å²) >= 11 is 6.30. The molecule has 0 amide bonds. The number of ether oxygens (including phenoxy) is 2. The van der Waals surface area contributed by atoms with Crippen LogP contribution >= 0.6 is 11.6 Å². The Morgan fingerprint density at radius 3 is 2.73 bits per heavy atom. The summed E-state index contributed by atoms with van der Waals surface area (Å²) in [5.74, 6) is 0.901. The fourth-order valence-corrected chi connectivity index (χ4v) is 3.80. The first-order valence-corrected chi connectivity index (χ1v) is 8.36. The van der Waals surface area contributed by atoms with Gasteiger partial charge in [0.05, 0.1) is 31.1 Å². The van der Waals surface area contributed by atoms with Gasteiger partial charge in [0.15, 0.2) is 11.0 Å². The molecule has 0 aliphatic carbocycles. The Bertz CT molecular complexity index is 546. The van der Waals surface area contributed by atoms with E-state index in [1.54, 1.807) is 0 Å². The molecule has 120 valence electrons. The van der Waals surface area contributed by atoms with Crippen LogP contribution in [0.3, 0.4) is 0 Å². The maximum atomic E-state index is 6.30. The number of nitrogens with zero attached hydrogens (tertiary/aromatic N) is 4. The topological polar surface area (TPSA) is 50.7 Å². The van der Waals surface area contributed by atoms with E-state index in [4.69, 9.17) is 21.1 Å². The van der Waals surface area contributed by atoms with Crippen molar-refractivity contribution in [3.05, 3.63) is 11.2 Å². The molecule has 0 spiro atoms. The van der Waals surface area contributed by atoms with Gasteiger partial charge in [-0.2, -0.15) is 0 Å². The molecule has 3 saturated heterocycles. The number of fused-ring (bicyclic) bond motifs is 2. The van der Waals surface area contributed by atoms with Crippen molar-refractivity contribution < 1.29 is 9.47 Å². The summed E-state index contributed by atoms with van der Waals surface area (Å²) in [6, 6.07) is 2.37. The van der Waals surface area contributed by atoms with Crippen molar-refractivity contribution in [1.29, 1.82) is 0 Å². The molecular weight excluding hydrogens is 304 g/mol. The largest absolute Gasteiger partial charge is 0.377 e. The van der Waals surface area contributed by atoms with Gasteiger partial charge in [0.1, 0.15) is 0 Å². The zero-order valence-electron chi connectivity index (χ0n) is 12.7. The molecule has 0 saturated carbocycles. The van der Waals surface area contributed by atoms with Crippen LogP contribution in [0.2, 0.25) is 5.15 Å². The van der Waals surface area contributed by atoms with Crippen molar-refractivity contribution in [1.82, 2.24) is 10.2 Å².